The van der Waals surface area contributed by atoms with E-state index >= 15 is 0 Å². The third-order valence-electron chi connectivity index (χ3n) is 3.37. The molecule has 0 spiro atoms. The Kier molecular flexibility index (Phi) is 4.90. The van der Waals surface area contributed by atoms with E-state index in [-0.39, 0.29) is 23.9 Å². The third-order valence-corrected chi connectivity index (χ3v) is 3.62. The topological polar surface area (TPSA) is 117 Å². The van der Waals surface area contributed by atoms with Gasteiger partial charge in [0.05, 0.1) is 11.0 Å². The van der Waals surface area contributed by atoms with Gasteiger partial charge in [0.1, 0.15) is 5.56 Å². The summed E-state index contributed by atoms with van der Waals surface area (Å²) in [5, 5.41) is 14.2. The minimum Gasteiger partial charge on any atom is -0.454 e. The molecule has 0 saturated carbocycles. The monoisotopic (exact) mass is 378 g/mol. The second-order valence-electron chi connectivity index (χ2n) is 5.11. The Hall–Kier alpha value is -3.33. The molecule has 0 saturated heterocycles. The minimum atomic E-state index is -1.03. The first-order valence-corrected chi connectivity index (χ1v) is 7.62. The highest BCUT2D eigenvalue weighted by atomic mass is 35.5. The van der Waals surface area contributed by atoms with Crippen molar-refractivity contribution in [3.63, 3.8) is 0 Å². The van der Waals surface area contributed by atoms with Crippen molar-refractivity contribution >= 4 is 34.9 Å². The summed E-state index contributed by atoms with van der Waals surface area (Å²) < 4.78 is 15.0. The molecule has 0 radical (unpaired) electrons. The lowest BCUT2D eigenvalue weighted by molar-refractivity contribution is -0.385. The van der Waals surface area contributed by atoms with Gasteiger partial charge in [-0.2, -0.15) is 0 Å². The Morgan fingerprint density at radius 2 is 1.85 bits per heavy atom. The molecule has 3 rings (SSSR count). The molecule has 0 fully saturated rings. The van der Waals surface area contributed by atoms with Crippen molar-refractivity contribution in [3.05, 3.63) is 57.1 Å². The average molecular weight is 379 g/mol. The highest BCUT2D eigenvalue weighted by molar-refractivity contribution is 6.30. The highest BCUT2D eigenvalue weighted by Gasteiger charge is 2.28. The number of anilines is 1. The van der Waals surface area contributed by atoms with Crippen LogP contribution in [0.3, 0.4) is 0 Å². The summed E-state index contributed by atoms with van der Waals surface area (Å²) in [5.74, 6) is -1.28. The third kappa shape index (κ3) is 3.83. The van der Waals surface area contributed by atoms with Crippen molar-refractivity contribution in [2.24, 2.45) is 0 Å². The summed E-state index contributed by atoms with van der Waals surface area (Å²) in [6.45, 7) is -0.721. The Morgan fingerprint density at radius 3 is 2.50 bits per heavy atom. The molecule has 2 aromatic rings. The van der Waals surface area contributed by atoms with E-state index < -0.39 is 29.1 Å². The number of hydrogen-bond donors (Lipinski definition) is 1. The predicted octanol–water partition coefficient (Wildman–Crippen LogP) is 2.77. The maximum Gasteiger partial charge on any atom is 0.345 e. The Balaban J connectivity index is 1.67. The van der Waals surface area contributed by atoms with E-state index in [2.05, 4.69) is 5.32 Å². The zero-order valence-corrected chi connectivity index (χ0v) is 13.8. The standard InChI is InChI=1S/C16H11ClN2O7/c17-9-1-3-10(4-2-9)18-15(20)7-24-16(21)11-5-13-14(26-8-25-13)6-12(11)19(22)23/h1-6H,7-8H2,(H,18,20). The average Bonchev–Trinajstić information content (AvgIpc) is 3.08. The van der Waals surface area contributed by atoms with Crippen molar-refractivity contribution in [1.82, 2.24) is 0 Å². The van der Waals surface area contributed by atoms with E-state index in [4.69, 9.17) is 25.8 Å². The lowest BCUT2D eigenvalue weighted by Gasteiger charge is -2.07. The molecule has 0 aliphatic carbocycles. The molecule has 9 nitrogen and oxygen atoms in total. The lowest BCUT2D eigenvalue weighted by atomic mass is 10.1. The smallest absolute Gasteiger partial charge is 0.345 e. The van der Waals surface area contributed by atoms with E-state index in [1.54, 1.807) is 24.3 Å². The van der Waals surface area contributed by atoms with Crippen molar-refractivity contribution in [2.45, 2.75) is 0 Å². The highest BCUT2D eigenvalue weighted by Crippen LogP contribution is 2.38. The van der Waals surface area contributed by atoms with Crippen LogP contribution < -0.4 is 14.8 Å². The van der Waals surface area contributed by atoms with Crippen LogP contribution >= 0.6 is 11.6 Å². The molecule has 134 valence electrons. The number of rotatable bonds is 5. The Labute approximate surface area is 151 Å². The molecule has 0 unspecified atom stereocenters. The summed E-state index contributed by atoms with van der Waals surface area (Å²) in [7, 11) is 0. The van der Waals surface area contributed by atoms with Gasteiger partial charge in [0.15, 0.2) is 18.1 Å². The van der Waals surface area contributed by atoms with E-state index in [1.807, 2.05) is 0 Å². The number of nitro groups is 1. The van der Waals surface area contributed by atoms with Crippen LogP contribution in [0.25, 0.3) is 0 Å². The van der Waals surface area contributed by atoms with Crippen molar-refractivity contribution < 1.29 is 28.7 Å². The van der Waals surface area contributed by atoms with Gasteiger partial charge in [0, 0.05) is 16.8 Å². The fourth-order valence-electron chi connectivity index (χ4n) is 2.18. The summed E-state index contributed by atoms with van der Waals surface area (Å²) in [6.07, 6.45) is 0. The second-order valence-corrected chi connectivity index (χ2v) is 5.55. The van der Waals surface area contributed by atoms with Crippen LogP contribution in [0.5, 0.6) is 11.5 Å². The molecule has 1 heterocycles. The molecular weight excluding hydrogens is 368 g/mol. The van der Waals surface area contributed by atoms with Gasteiger partial charge in [-0.3, -0.25) is 14.9 Å². The molecule has 1 aliphatic heterocycles. The number of carbonyl (C=O) groups is 2. The quantitative estimate of drug-likeness (QED) is 0.483. The zero-order chi connectivity index (χ0) is 18.7. The maximum atomic E-state index is 12.2. The molecular formula is C16H11ClN2O7. The van der Waals surface area contributed by atoms with Gasteiger partial charge in [0.2, 0.25) is 6.79 Å². The zero-order valence-electron chi connectivity index (χ0n) is 13.1. The number of nitrogens with one attached hydrogen (secondary N) is 1. The fraction of sp³-hybridized carbons (Fsp3) is 0.125. The molecule has 10 heteroatoms. The number of carbonyl (C=O) groups excluding carboxylic acids is 2. The van der Waals surface area contributed by atoms with E-state index in [1.165, 1.54) is 0 Å². The van der Waals surface area contributed by atoms with Crippen LogP contribution in [0.1, 0.15) is 10.4 Å². The number of nitro benzene ring substituents is 1. The summed E-state index contributed by atoms with van der Waals surface area (Å²) in [5.41, 5.74) is -0.375. The molecule has 26 heavy (non-hydrogen) atoms. The maximum absolute atomic E-state index is 12.2. The number of benzene rings is 2. The van der Waals surface area contributed by atoms with Gasteiger partial charge in [-0.15, -0.1) is 0 Å². The van der Waals surface area contributed by atoms with Crippen LogP contribution in [-0.4, -0.2) is 30.2 Å². The molecule has 0 aromatic heterocycles. The number of halogens is 1. The van der Waals surface area contributed by atoms with Gasteiger partial charge >= 0.3 is 5.97 Å². The van der Waals surface area contributed by atoms with Gasteiger partial charge in [-0.1, -0.05) is 11.6 Å². The van der Waals surface area contributed by atoms with Crippen molar-refractivity contribution in [2.75, 3.05) is 18.7 Å². The number of fused-ring (bicyclic) bond motifs is 1. The van der Waals surface area contributed by atoms with Gasteiger partial charge in [-0.25, -0.2) is 4.79 Å². The number of esters is 1. The van der Waals surface area contributed by atoms with Crippen LogP contribution in [0.2, 0.25) is 5.02 Å². The summed E-state index contributed by atoms with van der Waals surface area (Å²) in [4.78, 5) is 34.4. The van der Waals surface area contributed by atoms with Gasteiger partial charge < -0.3 is 19.5 Å². The van der Waals surface area contributed by atoms with Crippen LogP contribution in [0.15, 0.2) is 36.4 Å². The van der Waals surface area contributed by atoms with Crippen LogP contribution in [0, 0.1) is 10.1 Å². The number of hydrogen-bond acceptors (Lipinski definition) is 7. The van der Waals surface area contributed by atoms with Crippen LogP contribution in [0.4, 0.5) is 11.4 Å². The summed E-state index contributed by atoms with van der Waals surface area (Å²) in [6, 6.07) is 8.54. The van der Waals surface area contributed by atoms with E-state index in [0.717, 1.165) is 12.1 Å². The Morgan fingerprint density at radius 1 is 1.19 bits per heavy atom. The Bertz CT molecular complexity index is 883. The van der Waals surface area contributed by atoms with Gasteiger partial charge in [-0.05, 0) is 24.3 Å². The van der Waals surface area contributed by atoms with Gasteiger partial charge in [0.25, 0.3) is 11.6 Å². The van der Waals surface area contributed by atoms with E-state index in [9.17, 15) is 19.7 Å². The molecule has 1 N–H and O–H groups in total. The molecule has 2 aromatic carbocycles. The molecule has 1 amide bonds. The fourth-order valence-corrected chi connectivity index (χ4v) is 2.31. The predicted molar refractivity (Wildman–Crippen MR) is 89.6 cm³/mol. The summed E-state index contributed by atoms with van der Waals surface area (Å²) >= 11 is 5.74. The molecule has 1 aliphatic rings. The molecule has 0 bridgehead atoms. The number of amides is 1. The number of nitrogens with zero attached hydrogens (tertiary/aromatic N) is 1. The first-order valence-electron chi connectivity index (χ1n) is 7.24. The SMILES string of the molecule is O=C(COC(=O)c1cc2c(cc1[N+](=O)[O-])OCO2)Nc1ccc(Cl)cc1. The first-order chi connectivity index (χ1) is 12.4. The van der Waals surface area contributed by atoms with E-state index in [0.29, 0.717) is 10.7 Å². The van der Waals surface area contributed by atoms with Crippen LogP contribution in [-0.2, 0) is 9.53 Å². The second kappa shape index (κ2) is 7.28. The lowest BCUT2D eigenvalue weighted by Crippen LogP contribution is -2.21. The minimum absolute atomic E-state index is 0.103. The normalized spacial score (nSPS) is 11.7. The first kappa shape index (κ1) is 17.5. The number of ether oxygens (including phenoxy) is 3. The largest absolute Gasteiger partial charge is 0.454 e. The van der Waals surface area contributed by atoms with Crippen molar-refractivity contribution in [1.29, 1.82) is 0 Å². The van der Waals surface area contributed by atoms with Crippen molar-refractivity contribution in [3.8, 4) is 11.5 Å². The molecule has 0 atom stereocenters.